The maximum absolute atomic E-state index is 12.6. The maximum Gasteiger partial charge on any atom is 0.327 e. The monoisotopic (exact) mass is 349 g/mol. The molecule has 0 radical (unpaired) electrons. The molecule has 0 aromatic heterocycles. The normalized spacial score (nSPS) is 26.5. The summed E-state index contributed by atoms with van der Waals surface area (Å²) in [5.41, 5.74) is 0.909. The SMILES string of the molecule is COc1ccc(Cl)cc1N1CC[C@H](N2C(=O)[C@H]3CCCN3C2=O)C1. The predicted molar refractivity (Wildman–Crippen MR) is 90.6 cm³/mol. The van der Waals surface area contributed by atoms with E-state index in [0.29, 0.717) is 18.1 Å². The molecular weight excluding hydrogens is 330 g/mol. The molecule has 3 aliphatic rings. The quantitative estimate of drug-likeness (QED) is 0.786. The number of urea groups is 1. The largest absolute Gasteiger partial charge is 0.495 e. The summed E-state index contributed by atoms with van der Waals surface area (Å²) in [6, 6.07) is 5.07. The van der Waals surface area contributed by atoms with Crippen molar-refractivity contribution in [1.29, 1.82) is 0 Å². The minimum absolute atomic E-state index is 0.0255. The van der Waals surface area contributed by atoms with E-state index < -0.39 is 0 Å². The van der Waals surface area contributed by atoms with Crippen LogP contribution in [-0.2, 0) is 4.79 Å². The minimum Gasteiger partial charge on any atom is -0.495 e. The molecule has 1 aromatic rings. The van der Waals surface area contributed by atoms with Crippen LogP contribution in [0, 0.1) is 0 Å². The Bertz CT molecular complexity index is 674. The fourth-order valence-electron chi connectivity index (χ4n) is 4.06. The van der Waals surface area contributed by atoms with Gasteiger partial charge >= 0.3 is 6.03 Å². The molecule has 24 heavy (non-hydrogen) atoms. The van der Waals surface area contributed by atoms with Crippen molar-refractivity contribution in [2.75, 3.05) is 31.6 Å². The van der Waals surface area contributed by atoms with E-state index in [2.05, 4.69) is 4.90 Å². The van der Waals surface area contributed by atoms with Gasteiger partial charge in [-0.2, -0.15) is 0 Å². The van der Waals surface area contributed by atoms with Gasteiger partial charge in [0, 0.05) is 24.7 Å². The number of halogens is 1. The van der Waals surface area contributed by atoms with Crippen molar-refractivity contribution in [2.45, 2.75) is 31.3 Å². The molecule has 3 saturated heterocycles. The molecule has 0 bridgehead atoms. The first-order valence-corrected chi connectivity index (χ1v) is 8.70. The molecule has 3 amide bonds. The Kier molecular flexibility index (Phi) is 3.79. The maximum atomic E-state index is 12.6. The van der Waals surface area contributed by atoms with Crippen LogP contribution in [0.2, 0.25) is 5.02 Å². The summed E-state index contributed by atoms with van der Waals surface area (Å²) in [6.45, 7) is 2.09. The fraction of sp³-hybridized carbons (Fsp3) is 0.529. The van der Waals surface area contributed by atoms with Crippen molar-refractivity contribution in [2.24, 2.45) is 0 Å². The Balaban J connectivity index is 1.54. The molecule has 3 aliphatic heterocycles. The van der Waals surface area contributed by atoms with Gasteiger partial charge in [0.1, 0.15) is 11.8 Å². The number of hydrogen-bond acceptors (Lipinski definition) is 4. The summed E-state index contributed by atoms with van der Waals surface area (Å²) >= 11 is 6.12. The first kappa shape index (κ1) is 15.6. The van der Waals surface area contributed by atoms with Gasteiger partial charge in [0.25, 0.3) is 5.91 Å². The Hall–Kier alpha value is -1.95. The summed E-state index contributed by atoms with van der Waals surface area (Å²) in [5, 5.41) is 0.642. The molecule has 0 saturated carbocycles. The molecule has 4 rings (SSSR count). The molecule has 0 spiro atoms. The van der Waals surface area contributed by atoms with Gasteiger partial charge in [-0.05, 0) is 37.5 Å². The molecule has 3 heterocycles. The van der Waals surface area contributed by atoms with E-state index in [1.165, 1.54) is 4.90 Å². The van der Waals surface area contributed by atoms with Gasteiger partial charge in [-0.3, -0.25) is 9.69 Å². The second-order valence-corrected chi connectivity index (χ2v) is 6.98. The van der Waals surface area contributed by atoms with Crippen LogP contribution >= 0.6 is 11.6 Å². The van der Waals surface area contributed by atoms with E-state index in [1.807, 2.05) is 12.1 Å². The zero-order chi connectivity index (χ0) is 16.8. The zero-order valence-corrected chi connectivity index (χ0v) is 14.3. The number of hydrogen-bond donors (Lipinski definition) is 0. The summed E-state index contributed by atoms with van der Waals surface area (Å²) in [7, 11) is 1.63. The van der Waals surface area contributed by atoms with E-state index in [1.54, 1.807) is 18.1 Å². The molecule has 6 nitrogen and oxygen atoms in total. The highest BCUT2D eigenvalue weighted by molar-refractivity contribution is 6.31. The third-order valence-electron chi connectivity index (χ3n) is 5.24. The molecule has 3 fully saturated rings. The summed E-state index contributed by atoms with van der Waals surface area (Å²) < 4.78 is 5.42. The van der Waals surface area contributed by atoms with Gasteiger partial charge in [0.2, 0.25) is 0 Å². The number of amides is 3. The topological polar surface area (TPSA) is 53.1 Å². The lowest BCUT2D eigenvalue weighted by Crippen LogP contribution is -2.43. The van der Waals surface area contributed by atoms with Crippen LogP contribution in [0.5, 0.6) is 5.75 Å². The van der Waals surface area contributed by atoms with Gasteiger partial charge < -0.3 is 14.5 Å². The minimum atomic E-state index is -0.229. The highest BCUT2D eigenvalue weighted by Crippen LogP contribution is 2.36. The van der Waals surface area contributed by atoms with Crippen molar-refractivity contribution in [3.8, 4) is 5.75 Å². The average Bonchev–Trinajstić information content (AvgIpc) is 3.27. The predicted octanol–water partition coefficient (Wildman–Crippen LogP) is 2.35. The van der Waals surface area contributed by atoms with Gasteiger partial charge in [0.05, 0.1) is 18.8 Å². The Morgan fingerprint density at radius 1 is 1.21 bits per heavy atom. The number of methoxy groups -OCH3 is 1. The van der Waals surface area contributed by atoms with Crippen LogP contribution in [0.1, 0.15) is 19.3 Å². The first-order valence-electron chi connectivity index (χ1n) is 8.32. The van der Waals surface area contributed by atoms with E-state index in [9.17, 15) is 9.59 Å². The van der Waals surface area contributed by atoms with Gasteiger partial charge in [-0.15, -0.1) is 0 Å². The smallest absolute Gasteiger partial charge is 0.327 e. The molecule has 1 aromatic carbocycles. The van der Waals surface area contributed by atoms with E-state index in [0.717, 1.165) is 37.2 Å². The van der Waals surface area contributed by atoms with Gasteiger partial charge in [-0.25, -0.2) is 4.79 Å². The lowest BCUT2D eigenvalue weighted by atomic mass is 10.2. The zero-order valence-electron chi connectivity index (χ0n) is 13.6. The summed E-state index contributed by atoms with van der Waals surface area (Å²) in [4.78, 5) is 30.5. The molecule has 0 aliphatic carbocycles. The number of benzene rings is 1. The van der Waals surface area contributed by atoms with Crippen LogP contribution in [0.3, 0.4) is 0 Å². The number of imide groups is 1. The van der Waals surface area contributed by atoms with Crippen molar-refractivity contribution < 1.29 is 14.3 Å². The standard InChI is InChI=1S/C17H20ClN3O3/c1-24-15-5-4-11(18)9-14(15)19-8-6-12(10-19)21-16(22)13-3-2-7-20(13)17(21)23/h4-5,9,12-13H,2-3,6-8,10H2,1H3/t12-,13+/m0/s1. The fourth-order valence-corrected chi connectivity index (χ4v) is 4.23. The average molecular weight is 350 g/mol. The summed E-state index contributed by atoms with van der Waals surface area (Å²) in [5.74, 6) is 0.724. The Morgan fingerprint density at radius 3 is 2.79 bits per heavy atom. The van der Waals surface area contributed by atoms with Crippen molar-refractivity contribution in [1.82, 2.24) is 9.80 Å². The lowest BCUT2D eigenvalue weighted by Gasteiger charge is -2.25. The molecule has 0 unspecified atom stereocenters. The molecular formula is C17H20ClN3O3. The van der Waals surface area contributed by atoms with E-state index in [-0.39, 0.29) is 24.0 Å². The van der Waals surface area contributed by atoms with E-state index >= 15 is 0 Å². The number of anilines is 1. The van der Waals surface area contributed by atoms with Gasteiger partial charge in [0.15, 0.2) is 0 Å². The molecule has 0 N–H and O–H groups in total. The van der Waals surface area contributed by atoms with Crippen molar-refractivity contribution in [3.05, 3.63) is 23.2 Å². The van der Waals surface area contributed by atoms with E-state index in [4.69, 9.17) is 16.3 Å². The highest BCUT2D eigenvalue weighted by atomic mass is 35.5. The Labute approximate surface area is 145 Å². The first-order chi connectivity index (χ1) is 11.6. The van der Waals surface area contributed by atoms with Crippen LogP contribution in [0.25, 0.3) is 0 Å². The Morgan fingerprint density at radius 2 is 2.04 bits per heavy atom. The molecule has 7 heteroatoms. The molecule has 128 valence electrons. The van der Waals surface area contributed by atoms with Crippen molar-refractivity contribution >= 4 is 29.2 Å². The number of nitrogens with zero attached hydrogens (tertiary/aromatic N) is 3. The highest BCUT2D eigenvalue weighted by Gasteiger charge is 2.50. The number of fused-ring (bicyclic) bond motifs is 1. The number of rotatable bonds is 3. The third-order valence-corrected chi connectivity index (χ3v) is 5.47. The second kappa shape index (κ2) is 5.84. The second-order valence-electron chi connectivity index (χ2n) is 6.55. The lowest BCUT2D eigenvalue weighted by molar-refractivity contribution is -0.129. The van der Waals surface area contributed by atoms with Crippen LogP contribution in [0.4, 0.5) is 10.5 Å². The summed E-state index contributed by atoms with van der Waals surface area (Å²) in [6.07, 6.45) is 2.49. The number of carbonyl (C=O) groups excluding carboxylic acids is 2. The molecule has 2 atom stereocenters. The van der Waals surface area contributed by atoms with Crippen LogP contribution in [-0.4, -0.2) is 60.6 Å². The number of carbonyl (C=O) groups is 2. The third kappa shape index (κ3) is 2.32. The van der Waals surface area contributed by atoms with Crippen LogP contribution in [0.15, 0.2) is 18.2 Å². The van der Waals surface area contributed by atoms with Crippen LogP contribution < -0.4 is 9.64 Å². The van der Waals surface area contributed by atoms with Crippen molar-refractivity contribution in [3.63, 3.8) is 0 Å². The number of ether oxygens (including phenoxy) is 1. The van der Waals surface area contributed by atoms with Gasteiger partial charge in [-0.1, -0.05) is 11.6 Å².